The molecule has 0 radical (unpaired) electrons. The highest BCUT2D eigenvalue weighted by Crippen LogP contribution is 2.40. The topological polar surface area (TPSA) is 15.3 Å². The minimum absolute atomic E-state index is 0. The Kier molecular flexibility index (Phi) is 5.20. The first kappa shape index (κ1) is 14.8. The number of nitrogens with zero attached hydrogens (tertiary/aromatic N) is 1. The van der Waals surface area contributed by atoms with Gasteiger partial charge in [0.25, 0.3) is 0 Å². The zero-order valence-corrected chi connectivity index (χ0v) is 12.0. The fourth-order valence-electron chi connectivity index (χ4n) is 2.84. The molecule has 19 heavy (non-hydrogen) atoms. The summed E-state index contributed by atoms with van der Waals surface area (Å²) in [5.74, 6) is 0.763. The highest BCUT2D eigenvalue weighted by atomic mass is 35.5. The first-order chi connectivity index (χ1) is 8.83. The Bertz CT molecular complexity index is 386. The Morgan fingerprint density at radius 2 is 1.79 bits per heavy atom. The molecule has 0 unspecified atom stereocenters. The van der Waals surface area contributed by atoms with E-state index in [1.165, 1.54) is 24.8 Å². The zero-order chi connectivity index (χ0) is 12.4. The Hall–Kier alpha value is -0.640. The molecule has 3 rings (SSSR count). The summed E-state index contributed by atoms with van der Waals surface area (Å²) in [6.45, 7) is 4.36. The summed E-state index contributed by atoms with van der Waals surface area (Å²) >= 11 is 0. The summed E-state index contributed by atoms with van der Waals surface area (Å²) in [5.41, 5.74) is 1.28. The third kappa shape index (κ3) is 3.91. The smallest absolute Gasteiger partial charge is 0.123 e. The van der Waals surface area contributed by atoms with E-state index in [-0.39, 0.29) is 18.2 Å². The molecule has 0 bridgehead atoms. The van der Waals surface area contributed by atoms with Crippen molar-refractivity contribution in [3.8, 4) is 0 Å². The number of hydrogen-bond donors (Lipinski definition) is 1. The number of halogens is 2. The predicted octanol–water partition coefficient (Wildman–Crippen LogP) is 2.99. The molecule has 2 fully saturated rings. The van der Waals surface area contributed by atoms with Gasteiger partial charge in [-0.15, -0.1) is 12.4 Å². The second-order valence-corrected chi connectivity index (χ2v) is 5.53. The maximum Gasteiger partial charge on any atom is 0.123 e. The number of benzene rings is 1. The van der Waals surface area contributed by atoms with Crippen LogP contribution in [0.3, 0.4) is 0 Å². The Labute approximate surface area is 120 Å². The van der Waals surface area contributed by atoms with Gasteiger partial charge in [-0.1, -0.05) is 25.0 Å². The van der Waals surface area contributed by atoms with Crippen LogP contribution < -0.4 is 5.32 Å². The van der Waals surface area contributed by atoms with Gasteiger partial charge < -0.3 is 5.32 Å². The van der Waals surface area contributed by atoms with Crippen molar-refractivity contribution in [1.82, 2.24) is 10.2 Å². The number of nitrogens with one attached hydrogen (secondary N) is 1. The minimum Gasteiger partial charge on any atom is -0.314 e. The molecule has 0 spiro atoms. The third-order valence-corrected chi connectivity index (χ3v) is 4.10. The van der Waals surface area contributed by atoms with Crippen molar-refractivity contribution in [3.63, 3.8) is 0 Å². The summed E-state index contributed by atoms with van der Waals surface area (Å²) in [6, 6.07) is 7.60. The Balaban J connectivity index is 0.00000133. The first-order valence-electron chi connectivity index (χ1n) is 7.03. The zero-order valence-electron chi connectivity index (χ0n) is 11.1. The molecule has 106 valence electrons. The Morgan fingerprint density at radius 1 is 1.16 bits per heavy atom. The van der Waals surface area contributed by atoms with Crippen LogP contribution in [0.25, 0.3) is 0 Å². The standard InChI is InChI=1S/C15H21FN2.ClH/c16-14-5-3-13(4-6-14)15(11-12-1-2-12)18-9-7-17-8-10-18;/h3-6,12,15,17H,1-2,7-11H2;1H/t15-;/m1./s1. The molecule has 1 saturated carbocycles. The van der Waals surface area contributed by atoms with E-state index >= 15 is 0 Å². The van der Waals surface area contributed by atoms with Crippen LogP contribution in [-0.4, -0.2) is 31.1 Å². The van der Waals surface area contributed by atoms with Gasteiger partial charge in [-0.05, 0) is 30.0 Å². The van der Waals surface area contributed by atoms with Gasteiger partial charge in [0.05, 0.1) is 0 Å². The van der Waals surface area contributed by atoms with Crippen LogP contribution in [0.1, 0.15) is 30.9 Å². The first-order valence-corrected chi connectivity index (χ1v) is 7.03. The average Bonchev–Trinajstić information content (AvgIpc) is 3.22. The second-order valence-electron chi connectivity index (χ2n) is 5.53. The van der Waals surface area contributed by atoms with Gasteiger partial charge in [-0.3, -0.25) is 4.90 Å². The summed E-state index contributed by atoms with van der Waals surface area (Å²) < 4.78 is 13.0. The van der Waals surface area contributed by atoms with Gasteiger partial charge in [0, 0.05) is 32.2 Å². The molecule has 2 aliphatic rings. The molecule has 1 aromatic carbocycles. The summed E-state index contributed by atoms with van der Waals surface area (Å²) in [4.78, 5) is 2.56. The molecule has 1 heterocycles. The quantitative estimate of drug-likeness (QED) is 0.914. The number of piperazine rings is 1. The number of rotatable bonds is 4. The molecule has 1 saturated heterocycles. The molecular weight excluding hydrogens is 263 g/mol. The fourth-order valence-corrected chi connectivity index (χ4v) is 2.84. The maximum atomic E-state index is 13.0. The van der Waals surface area contributed by atoms with Crippen LogP contribution in [0.15, 0.2) is 24.3 Å². The van der Waals surface area contributed by atoms with Crippen molar-refractivity contribution in [3.05, 3.63) is 35.6 Å². The summed E-state index contributed by atoms with van der Waals surface area (Å²) in [6.07, 6.45) is 4.00. The van der Waals surface area contributed by atoms with E-state index in [9.17, 15) is 4.39 Å². The lowest BCUT2D eigenvalue weighted by Crippen LogP contribution is -2.45. The molecule has 0 amide bonds. The van der Waals surface area contributed by atoms with Crippen molar-refractivity contribution in [2.24, 2.45) is 5.92 Å². The second kappa shape index (κ2) is 6.69. The lowest BCUT2D eigenvalue weighted by atomic mass is 9.98. The normalized spacial score (nSPS) is 21.7. The van der Waals surface area contributed by atoms with Crippen molar-refractivity contribution in [2.45, 2.75) is 25.3 Å². The van der Waals surface area contributed by atoms with Crippen LogP contribution in [0.2, 0.25) is 0 Å². The van der Waals surface area contributed by atoms with Crippen LogP contribution in [0, 0.1) is 11.7 Å². The third-order valence-electron chi connectivity index (χ3n) is 4.10. The average molecular weight is 285 g/mol. The molecule has 1 aliphatic heterocycles. The van der Waals surface area contributed by atoms with Crippen molar-refractivity contribution >= 4 is 12.4 Å². The highest BCUT2D eigenvalue weighted by Gasteiger charge is 2.30. The van der Waals surface area contributed by atoms with Crippen LogP contribution in [-0.2, 0) is 0 Å². The van der Waals surface area contributed by atoms with Crippen LogP contribution in [0.5, 0.6) is 0 Å². The van der Waals surface area contributed by atoms with E-state index in [0.717, 1.165) is 32.1 Å². The van der Waals surface area contributed by atoms with E-state index in [1.807, 2.05) is 12.1 Å². The van der Waals surface area contributed by atoms with E-state index in [1.54, 1.807) is 12.1 Å². The number of hydrogen-bond acceptors (Lipinski definition) is 2. The monoisotopic (exact) mass is 284 g/mol. The molecule has 1 aliphatic carbocycles. The van der Waals surface area contributed by atoms with Gasteiger partial charge in [0.1, 0.15) is 5.82 Å². The highest BCUT2D eigenvalue weighted by molar-refractivity contribution is 5.85. The minimum atomic E-state index is -0.135. The van der Waals surface area contributed by atoms with E-state index in [4.69, 9.17) is 0 Å². The van der Waals surface area contributed by atoms with Gasteiger partial charge in [0.15, 0.2) is 0 Å². The van der Waals surface area contributed by atoms with Crippen LogP contribution >= 0.6 is 12.4 Å². The molecule has 1 aromatic rings. The SMILES string of the molecule is Cl.Fc1ccc([C@@H](CC2CC2)N2CCNCC2)cc1. The van der Waals surface area contributed by atoms with Crippen molar-refractivity contribution in [2.75, 3.05) is 26.2 Å². The lowest BCUT2D eigenvalue weighted by Gasteiger charge is -2.35. The van der Waals surface area contributed by atoms with Crippen molar-refractivity contribution < 1.29 is 4.39 Å². The summed E-state index contributed by atoms with van der Waals surface area (Å²) in [7, 11) is 0. The van der Waals surface area contributed by atoms with E-state index in [0.29, 0.717) is 6.04 Å². The van der Waals surface area contributed by atoms with E-state index in [2.05, 4.69) is 10.2 Å². The predicted molar refractivity (Wildman–Crippen MR) is 78.2 cm³/mol. The van der Waals surface area contributed by atoms with Gasteiger partial charge in [-0.25, -0.2) is 4.39 Å². The molecule has 2 nitrogen and oxygen atoms in total. The van der Waals surface area contributed by atoms with Crippen molar-refractivity contribution in [1.29, 1.82) is 0 Å². The maximum absolute atomic E-state index is 13.0. The molecule has 4 heteroatoms. The van der Waals surface area contributed by atoms with Crippen LogP contribution in [0.4, 0.5) is 4.39 Å². The molecule has 1 N–H and O–H groups in total. The van der Waals surface area contributed by atoms with Gasteiger partial charge in [-0.2, -0.15) is 0 Å². The van der Waals surface area contributed by atoms with Gasteiger partial charge in [0.2, 0.25) is 0 Å². The largest absolute Gasteiger partial charge is 0.314 e. The lowest BCUT2D eigenvalue weighted by molar-refractivity contribution is 0.160. The molecule has 1 atom stereocenters. The molecule has 0 aromatic heterocycles. The summed E-state index contributed by atoms with van der Waals surface area (Å²) in [5, 5.41) is 3.40. The van der Waals surface area contributed by atoms with Gasteiger partial charge >= 0.3 is 0 Å². The Morgan fingerprint density at radius 3 is 2.37 bits per heavy atom. The molecular formula is C15H22ClFN2. The van der Waals surface area contributed by atoms with E-state index < -0.39 is 0 Å². The fraction of sp³-hybridized carbons (Fsp3) is 0.600.